The molecule has 0 aliphatic heterocycles. The Morgan fingerprint density at radius 2 is 1.86 bits per heavy atom. The Bertz CT molecular complexity index is 840. The van der Waals surface area contributed by atoms with Crippen molar-refractivity contribution in [3.63, 3.8) is 0 Å². The number of nitrogens with zero attached hydrogens (tertiary/aromatic N) is 2. The third-order valence-corrected chi connectivity index (χ3v) is 3.64. The SMILES string of the molecule is Cc1cccc(-c2nnc(/C=C/c3ccc(Cl)cc3Cl)o2)c1. The van der Waals surface area contributed by atoms with Crippen LogP contribution >= 0.6 is 23.2 Å². The van der Waals surface area contributed by atoms with E-state index in [1.807, 2.05) is 43.3 Å². The van der Waals surface area contributed by atoms with Crippen LogP contribution in [0.3, 0.4) is 0 Å². The van der Waals surface area contributed by atoms with Crippen molar-refractivity contribution < 1.29 is 4.42 Å². The van der Waals surface area contributed by atoms with Crippen molar-refractivity contribution in [2.45, 2.75) is 6.92 Å². The molecule has 0 fully saturated rings. The van der Waals surface area contributed by atoms with Gasteiger partial charge in [-0.05, 0) is 42.8 Å². The summed E-state index contributed by atoms with van der Waals surface area (Å²) in [5.74, 6) is 0.910. The zero-order valence-corrected chi connectivity index (χ0v) is 13.3. The lowest BCUT2D eigenvalue weighted by Gasteiger charge is -1.97. The fourth-order valence-corrected chi connectivity index (χ4v) is 2.47. The van der Waals surface area contributed by atoms with Crippen LogP contribution in [0.15, 0.2) is 46.9 Å². The van der Waals surface area contributed by atoms with Crippen LogP contribution < -0.4 is 0 Å². The van der Waals surface area contributed by atoms with E-state index in [0.29, 0.717) is 21.8 Å². The molecule has 22 heavy (non-hydrogen) atoms. The summed E-state index contributed by atoms with van der Waals surface area (Å²) in [5, 5.41) is 9.24. The number of aryl methyl sites for hydroxylation is 1. The summed E-state index contributed by atoms with van der Waals surface area (Å²) in [7, 11) is 0. The van der Waals surface area contributed by atoms with Gasteiger partial charge < -0.3 is 4.42 Å². The smallest absolute Gasteiger partial charge is 0.248 e. The Morgan fingerprint density at radius 1 is 1.00 bits per heavy atom. The Balaban J connectivity index is 1.83. The molecule has 3 rings (SSSR count). The highest BCUT2D eigenvalue weighted by Gasteiger charge is 2.06. The topological polar surface area (TPSA) is 38.9 Å². The second kappa shape index (κ2) is 6.34. The largest absolute Gasteiger partial charge is 0.417 e. The molecule has 0 atom stereocenters. The number of hydrogen-bond donors (Lipinski definition) is 0. The van der Waals surface area contributed by atoms with E-state index in [2.05, 4.69) is 10.2 Å². The van der Waals surface area contributed by atoms with Gasteiger partial charge in [0.1, 0.15) is 0 Å². The van der Waals surface area contributed by atoms with Crippen molar-refractivity contribution >= 4 is 35.4 Å². The number of benzene rings is 2. The van der Waals surface area contributed by atoms with E-state index in [1.54, 1.807) is 18.2 Å². The van der Waals surface area contributed by atoms with E-state index in [4.69, 9.17) is 27.6 Å². The maximum atomic E-state index is 6.11. The molecular formula is C17H12Cl2N2O. The summed E-state index contributed by atoms with van der Waals surface area (Å²) in [6.45, 7) is 2.02. The summed E-state index contributed by atoms with van der Waals surface area (Å²) >= 11 is 12.0. The van der Waals surface area contributed by atoms with Gasteiger partial charge in [-0.25, -0.2) is 0 Å². The van der Waals surface area contributed by atoms with Crippen LogP contribution in [0.25, 0.3) is 23.6 Å². The third kappa shape index (κ3) is 3.38. The van der Waals surface area contributed by atoms with Crippen LogP contribution in [0.2, 0.25) is 10.0 Å². The van der Waals surface area contributed by atoms with Crippen molar-refractivity contribution in [1.82, 2.24) is 10.2 Å². The van der Waals surface area contributed by atoms with Crippen LogP contribution in [-0.4, -0.2) is 10.2 Å². The van der Waals surface area contributed by atoms with E-state index < -0.39 is 0 Å². The minimum absolute atomic E-state index is 0.419. The fourth-order valence-electron chi connectivity index (χ4n) is 1.99. The standard InChI is InChI=1S/C17H12Cl2N2O/c1-11-3-2-4-13(9-11)17-21-20-16(22-17)8-6-12-5-7-14(18)10-15(12)19/h2-10H,1H3/b8-6+. The van der Waals surface area contributed by atoms with Crippen LogP contribution in [0.4, 0.5) is 0 Å². The quantitative estimate of drug-likeness (QED) is 0.634. The average Bonchev–Trinajstić information content (AvgIpc) is 2.95. The summed E-state index contributed by atoms with van der Waals surface area (Å²) in [6.07, 6.45) is 3.54. The number of halogens is 2. The summed E-state index contributed by atoms with van der Waals surface area (Å²) in [4.78, 5) is 0. The van der Waals surface area contributed by atoms with Crippen molar-refractivity contribution in [1.29, 1.82) is 0 Å². The molecule has 110 valence electrons. The highest BCUT2D eigenvalue weighted by atomic mass is 35.5. The monoisotopic (exact) mass is 330 g/mol. The Kier molecular flexibility index (Phi) is 4.27. The van der Waals surface area contributed by atoms with Gasteiger partial charge in [0.15, 0.2) is 0 Å². The van der Waals surface area contributed by atoms with Gasteiger partial charge in [-0.3, -0.25) is 0 Å². The predicted molar refractivity (Wildman–Crippen MR) is 89.9 cm³/mol. The first-order chi connectivity index (χ1) is 10.6. The zero-order valence-electron chi connectivity index (χ0n) is 11.8. The van der Waals surface area contributed by atoms with Gasteiger partial charge >= 0.3 is 0 Å². The van der Waals surface area contributed by atoms with Gasteiger partial charge in [-0.15, -0.1) is 10.2 Å². The van der Waals surface area contributed by atoms with Gasteiger partial charge in [0.25, 0.3) is 0 Å². The summed E-state index contributed by atoms with van der Waals surface area (Å²) in [5.41, 5.74) is 2.87. The molecule has 3 nitrogen and oxygen atoms in total. The van der Waals surface area contributed by atoms with Crippen molar-refractivity contribution in [2.24, 2.45) is 0 Å². The van der Waals surface area contributed by atoms with Crippen molar-refractivity contribution in [3.8, 4) is 11.5 Å². The van der Waals surface area contributed by atoms with Gasteiger partial charge in [-0.2, -0.15) is 0 Å². The van der Waals surface area contributed by atoms with E-state index in [9.17, 15) is 0 Å². The van der Waals surface area contributed by atoms with Crippen LogP contribution in [0.5, 0.6) is 0 Å². The molecule has 0 saturated carbocycles. The normalized spacial score (nSPS) is 11.2. The Hall–Kier alpha value is -2.10. The lowest BCUT2D eigenvalue weighted by molar-refractivity contribution is 0.558. The molecule has 0 unspecified atom stereocenters. The predicted octanol–water partition coefficient (Wildman–Crippen LogP) is 5.52. The fraction of sp³-hybridized carbons (Fsp3) is 0.0588. The molecule has 0 spiro atoms. The van der Waals surface area contributed by atoms with Gasteiger partial charge in [-0.1, -0.05) is 47.0 Å². The number of aromatic nitrogens is 2. The molecule has 1 aromatic heterocycles. The average molecular weight is 331 g/mol. The maximum absolute atomic E-state index is 6.11. The molecule has 0 bridgehead atoms. The first kappa shape index (κ1) is 14.8. The molecule has 2 aromatic carbocycles. The van der Waals surface area contributed by atoms with E-state index in [0.717, 1.165) is 16.7 Å². The molecule has 5 heteroatoms. The van der Waals surface area contributed by atoms with Crippen LogP contribution in [0.1, 0.15) is 17.0 Å². The summed E-state index contributed by atoms with van der Waals surface area (Å²) in [6, 6.07) is 13.2. The van der Waals surface area contributed by atoms with Crippen molar-refractivity contribution in [2.75, 3.05) is 0 Å². The second-order valence-corrected chi connectivity index (χ2v) is 5.66. The molecule has 0 aliphatic rings. The molecule has 0 amide bonds. The van der Waals surface area contributed by atoms with Gasteiger partial charge in [0.05, 0.1) is 0 Å². The summed E-state index contributed by atoms with van der Waals surface area (Å²) < 4.78 is 5.63. The highest BCUT2D eigenvalue weighted by Crippen LogP contribution is 2.23. The van der Waals surface area contributed by atoms with E-state index in [1.165, 1.54) is 0 Å². The third-order valence-electron chi connectivity index (χ3n) is 3.07. The molecule has 1 heterocycles. The molecular weight excluding hydrogens is 319 g/mol. The molecule has 0 saturated heterocycles. The van der Waals surface area contributed by atoms with E-state index >= 15 is 0 Å². The molecule has 0 aliphatic carbocycles. The Morgan fingerprint density at radius 3 is 2.64 bits per heavy atom. The van der Waals surface area contributed by atoms with Gasteiger partial charge in [0.2, 0.25) is 11.8 Å². The first-order valence-electron chi connectivity index (χ1n) is 6.65. The van der Waals surface area contributed by atoms with Crippen LogP contribution in [-0.2, 0) is 0 Å². The molecule has 3 aromatic rings. The number of rotatable bonds is 3. The van der Waals surface area contributed by atoms with Crippen molar-refractivity contribution in [3.05, 3.63) is 69.5 Å². The first-order valence-corrected chi connectivity index (χ1v) is 7.41. The second-order valence-electron chi connectivity index (χ2n) is 4.81. The van der Waals surface area contributed by atoms with Gasteiger partial charge in [0, 0.05) is 21.7 Å². The number of hydrogen-bond acceptors (Lipinski definition) is 3. The zero-order chi connectivity index (χ0) is 15.5. The maximum Gasteiger partial charge on any atom is 0.248 e. The van der Waals surface area contributed by atoms with E-state index in [-0.39, 0.29) is 0 Å². The highest BCUT2D eigenvalue weighted by molar-refractivity contribution is 6.35. The Labute approximate surface area is 138 Å². The lowest BCUT2D eigenvalue weighted by atomic mass is 10.1. The minimum atomic E-state index is 0.419. The molecule has 0 radical (unpaired) electrons. The molecule has 0 N–H and O–H groups in total. The lowest BCUT2D eigenvalue weighted by Crippen LogP contribution is -1.78. The minimum Gasteiger partial charge on any atom is -0.417 e. The van der Waals surface area contributed by atoms with Crippen LogP contribution in [0, 0.1) is 6.92 Å².